The molecular weight excluding hydrogens is 316 g/mol. The van der Waals surface area contributed by atoms with Gasteiger partial charge in [0.1, 0.15) is 5.52 Å². The van der Waals surface area contributed by atoms with E-state index < -0.39 is 6.29 Å². The Balaban J connectivity index is 2.01. The maximum absolute atomic E-state index is 5.85. The molecule has 0 bridgehead atoms. The fourth-order valence-electron chi connectivity index (χ4n) is 2.80. The highest BCUT2D eigenvalue weighted by atomic mass is 16.7. The standard InChI is InChI=1S/C19H24N4O2/c1-4-24-19(25-5-2)18(20-15-10-8-9-14(3)13-15)23-17-12-7-6-11-16(17)21-22-23/h6-13,18-20H,4-5H2,1-3H3. The van der Waals surface area contributed by atoms with Crippen molar-refractivity contribution in [3.63, 3.8) is 0 Å². The molecule has 1 unspecified atom stereocenters. The zero-order valence-corrected chi connectivity index (χ0v) is 14.8. The van der Waals surface area contributed by atoms with Crippen LogP contribution in [0.1, 0.15) is 25.6 Å². The molecule has 0 aliphatic heterocycles. The van der Waals surface area contributed by atoms with Crippen LogP contribution in [0.4, 0.5) is 5.69 Å². The van der Waals surface area contributed by atoms with Gasteiger partial charge in [0.25, 0.3) is 0 Å². The molecule has 6 nitrogen and oxygen atoms in total. The summed E-state index contributed by atoms with van der Waals surface area (Å²) in [6, 6.07) is 16.1. The van der Waals surface area contributed by atoms with Gasteiger partial charge in [-0.3, -0.25) is 0 Å². The molecule has 25 heavy (non-hydrogen) atoms. The first-order valence-corrected chi connectivity index (χ1v) is 8.59. The third-order valence-electron chi connectivity index (χ3n) is 3.89. The quantitative estimate of drug-likeness (QED) is 0.633. The molecule has 0 fully saturated rings. The van der Waals surface area contributed by atoms with Crippen molar-refractivity contribution in [3.8, 4) is 0 Å². The van der Waals surface area contributed by atoms with Gasteiger partial charge in [0.15, 0.2) is 12.5 Å². The van der Waals surface area contributed by atoms with Crippen molar-refractivity contribution in [1.29, 1.82) is 0 Å². The molecule has 1 N–H and O–H groups in total. The highest BCUT2D eigenvalue weighted by Gasteiger charge is 2.27. The number of nitrogens with one attached hydrogen (secondary N) is 1. The molecule has 0 saturated heterocycles. The van der Waals surface area contributed by atoms with Crippen molar-refractivity contribution in [2.24, 2.45) is 0 Å². The third-order valence-corrected chi connectivity index (χ3v) is 3.89. The van der Waals surface area contributed by atoms with Gasteiger partial charge in [-0.25, -0.2) is 4.68 Å². The largest absolute Gasteiger partial charge is 0.360 e. The average Bonchev–Trinajstić information content (AvgIpc) is 3.04. The van der Waals surface area contributed by atoms with Gasteiger partial charge < -0.3 is 14.8 Å². The maximum Gasteiger partial charge on any atom is 0.198 e. The smallest absolute Gasteiger partial charge is 0.198 e. The first-order chi connectivity index (χ1) is 12.2. The van der Waals surface area contributed by atoms with E-state index in [0.717, 1.165) is 16.7 Å². The third kappa shape index (κ3) is 3.97. The molecule has 0 amide bonds. The fourth-order valence-corrected chi connectivity index (χ4v) is 2.80. The Hall–Kier alpha value is -2.44. The second-order valence-corrected chi connectivity index (χ2v) is 5.76. The van der Waals surface area contributed by atoms with Crippen LogP contribution in [0.2, 0.25) is 0 Å². The van der Waals surface area contributed by atoms with Gasteiger partial charge in [-0.15, -0.1) is 5.10 Å². The van der Waals surface area contributed by atoms with E-state index in [0.29, 0.717) is 13.2 Å². The Morgan fingerprint density at radius 1 is 1.04 bits per heavy atom. The van der Waals surface area contributed by atoms with E-state index in [2.05, 4.69) is 34.7 Å². The Kier molecular flexibility index (Phi) is 5.63. The van der Waals surface area contributed by atoms with Crippen LogP contribution >= 0.6 is 0 Å². The zero-order valence-electron chi connectivity index (χ0n) is 14.8. The summed E-state index contributed by atoms with van der Waals surface area (Å²) >= 11 is 0. The first-order valence-electron chi connectivity index (χ1n) is 8.59. The zero-order chi connectivity index (χ0) is 17.6. The van der Waals surface area contributed by atoms with Crippen LogP contribution in [0.15, 0.2) is 48.5 Å². The minimum absolute atomic E-state index is 0.339. The molecule has 0 spiro atoms. The highest BCUT2D eigenvalue weighted by molar-refractivity contribution is 5.74. The predicted molar refractivity (Wildman–Crippen MR) is 98.4 cm³/mol. The Morgan fingerprint density at radius 3 is 2.52 bits per heavy atom. The summed E-state index contributed by atoms with van der Waals surface area (Å²) in [5.41, 5.74) is 3.92. The van der Waals surface area contributed by atoms with Crippen LogP contribution in [0.3, 0.4) is 0 Å². The Morgan fingerprint density at radius 2 is 1.80 bits per heavy atom. The molecule has 3 rings (SSSR count). The van der Waals surface area contributed by atoms with Gasteiger partial charge in [0.05, 0.1) is 5.52 Å². The molecule has 0 aliphatic carbocycles. The van der Waals surface area contributed by atoms with E-state index in [1.54, 1.807) is 0 Å². The van der Waals surface area contributed by atoms with E-state index in [1.165, 1.54) is 5.56 Å². The lowest BCUT2D eigenvalue weighted by molar-refractivity contribution is -0.158. The van der Waals surface area contributed by atoms with Crippen LogP contribution in [0.25, 0.3) is 11.0 Å². The fraction of sp³-hybridized carbons (Fsp3) is 0.368. The Labute approximate surface area is 147 Å². The molecule has 6 heteroatoms. The monoisotopic (exact) mass is 340 g/mol. The van der Waals surface area contributed by atoms with Gasteiger partial charge in [0.2, 0.25) is 0 Å². The summed E-state index contributed by atoms with van der Waals surface area (Å²) in [6.07, 6.45) is -0.824. The van der Waals surface area contributed by atoms with E-state index >= 15 is 0 Å². The van der Waals surface area contributed by atoms with Crippen LogP contribution in [-0.4, -0.2) is 34.5 Å². The summed E-state index contributed by atoms with van der Waals surface area (Å²) in [5, 5.41) is 12.1. The van der Waals surface area contributed by atoms with Gasteiger partial charge in [-0.1, -0.05) is 29.5 Å². The minimum Gasteiger partial charge on any atom is -0.360 e. The van der Waals surface area contributed by atoms with Crippen molar-refractivity contribution in [2.75, 3.05) is 18.5 Å². The number of benzene rings is 2. The second-order valence-electron chi connectivity index (χ2n) is 5.76. The summed E-state index contributed by atoms with van der Waals surface area (Å²) in [6.45, 7) is 7.06. The SMILES string of the molecule is CCOC(OCC)C(Nc1cccc(C)c1)n1nnc2ccccc21. The van der Waals surface area contributed by atoms with Gasteiger partial charge in [-0.05, 0) is 50.6 Å². The normalized spacial score (nSPS) is 12.6. The molecule has 1 aromatic heterocycles. The summed E-state index contributed by atoms with van der Waals surface area (Å²) in [4.78, 5) is 0. The number of rotatable bonds is 8. The van der Waals surface area contributed by atoms with Gasteiger partial charge in [0, 0.05) is 18.9 Å². The number of aryl methyl sites for hydroxylation is 1. The van der Waals surface area contributed by atoms with Crippen molar-refractivity contribution in [2.45, 2.75) is 33.2 Å². The van der Waals surface area contributed by atoms with Gasteiger partial charge >= 0.3 is 0 Å². The topological polar surface area (TPSA) is 61.2 Å². The first kappa shape index (κ1) is 17.4. The lowest BCUT2D eigenvalue weighted by Crippen LogP contribution is -2.36. The van der Waals surface area contributed by atoms with Crippen LogP contribution in [0, 0.1) is 6.92 Å². The maximum atomic E-state index is 5.85. The van der Waals surface area contributed by atoms with E-state index in [-0.39, 0.29) is 6.17 Å². The molecule has 1 heterocycles. The number of fused-ring (bicyclic) bond motifs is 1. The molecular formula is C19H24N4O2. The van der Waals surface area contributed by atoms with E-state index in [1.807, 2.05) is 54.9 Å². The molecule has 132 valence electrons. The average molecular weight is 340 g/mol. The van der Waals surface area contributed by atoms with E-state index in [4.69, 9.17) is 9.47 Å². The van der Waals surface area contributed by atoms with E-state index in [9.17, 15) is 0 Å². The number of anilines is 1. The van der Waals surface area contributed by atoms with Crippen molar-refractivity contribution >= 4 is 16.7 Å². The minimum atomic E-state index is -0.486. The molecule has 0 aliphatic rings. The summed E-state index contributed by atoms with van der Waals surface area (Å²) in [5.74, 6) is 0. The molecule has 2 aromatic carbocycles. The summed E-state index contributed by atoms with van der Waals surface area (Å²) in [7, 11) is 0. The number of hydrogen-bond donors (Lipinski definition) is 1. The second kappa shape index (κ2) is 8.09. The lowest BCUT2D eigenvalue weighted by Gasteiger charge is -2.28. The predicted octanol–water partition coefficient (Wildman–Crippen LogP) is 3.75. The molecule has 0 saturated carbocycles. The van der Waals surface area contributed by atoms with Gasteiger partial charge in [-0.2, -0.15) is 0 Å². The van der Waals surface area contributed by atoms with Crippen LogP contribution in [0.5, 0.6) is 0 Å². The number of hydrogen-bond acceptors (Lipinski definition) is 5. The summed E-state index contributed by atoms with van der Waals surface area (Å²) < 4.78 is 13.5. The number of nitrogens with zero attached hydrogens (tertiary/aromatic N) is 3. The molecule has 3 aromatic rings. The number of aromatic nitrogens is 3. The van der Waals surface area contributed by atoms with Crippen molar-refractivity contribution < 1.29 is 9.47 Å². The van der Waals surface area contributed by atoms with Crippen LogP contribution in [-0.2, 0) is 9.47 Å². The number of ether oxygens (including phenoxy) is 2. The molecule has 0 radical (unpaired) electrons. The molecule has 1 atom stereocenters. The lowest BCUT2D eigenvalue weighted by atomic mass is 10.2. The number of para-hydroxylation sites is 1. The highest BCUT2D eigenvalue weighted by Crippen LogP contribution is 2.24. The van der Waals surface area contributed by atoms with Crippen molar-refractivity contribution in [3.05, 3.63) is 54.1 Å². The Bertz CT molecular complexity index is 812. The van der Waals surface area contributed by atoms with Crippen LogP contribution < -0.4 is 5.32 Å². The van der Waals surface area contributed by atoms with Crippen molar-refractivity contribution in [1.82, 2.24) is 15.0 Å².